The maximum atomic E-state index is 12.4. The Balaban J connectivity index is 1.75. The van der Waals surface area contributed by atoms with Crippen LogP contribution in [0.4, 0.5) is 5.69 Å². The summed E-state index contributed by atoms with van der Waals surface area (Å²) in [6, 6.07) is 17.7. The predicted molar refractivity (Wildman–Crippen MR) is 115 cm³/mol. The smallest absolute Gasteiger partial charge is 0.266 e. The summed E-state index contributed by atoms with van der Waals surface area (Å²) in [6.07, 6.45) is 1.33. The molecule has 0 saturated heterocycles. The van der Waals surface area contributed by atoms with E-state index in [1.807, 2.05) is 13.0 Å². The molecule has 0 aliphatic rings. The topological polar surface area (TPSA) is 135 Å². The number of nitriles is 1. The number of carbonyl (C=O) groups excluding carboxylic acids is 1. The summed E-state index contributed by atoms with van der Waals surface area (Å²) in [7, 11) is -3.78. The molecular formula is C22H19N3O5S. The molecule has 1 aromatic heterocycles. The van der Waals surface area contributed by atoms with Gasteiger partial charge in [0.1, 0.15) is 28.9 Å². The van der Waals surface area contributed by atoms with E-state index in [-0.39, 0.29) is 10.5 Å². The van der Waals surface area contributed by atoms with Gasteiger partial charge in [0.2, 0.25) is 10.0 Å². The van der Waals surface area contributed by atoms with Crippen LogP contribution in [0, 0.1) is 11.3 Å². The number of sulfonamides is 1. The van der Waals surface area contributed by atoms with Gasteiger partial charge in [-0.05, 0) is 67.6 Å². The molecule has 8 nitrogen and oxygen atoms in total. The SMILES string of the molecule is CCOc1ccc(NC(=O)/C(C#N)=C\c2ccc(-c3ccc(S(N)(=O)=O)cc3)o2)cc1. The largest absolute Gasteiger partial charge is 0.494 e. The van der Waals surface area contributed by atoms with Crippen LogP contribution in [0.15, 0.2) is 75.5 Å². The van der Waals surface area contributed by atoms with E-state index in [4.69, 9.17) is 14.3 Å². The number of nitrogens with zero attached hydrogens (tertiary/aromatic N) is 1. The van der Waals surface area contributed by atoms with Gasteiger partial charge in [0.25, 0.3) is 5.91 Å². The van der Waals surface area contributed by atoms with Crippen molar-refractivity contribution >= 4 is 27.7 Å². The van der Waals surface area contributed by atoms with Gasteiger partial charge >= 0.3 is 0 Å². The van der Waals surface area contributed by atoms with Crippen molar-refractivity contribution in [3.63, 3.8) is 0 Å². The molecule has 9 heteroatoms. The van der Waals surface area contributed by atoms with Crippen LogP contribution in [-0.2, 0) is 14.8 Å². The van der Waals surface area contributed by atoms with Crippen LogP contribution < -0.4 is 15.2 Å². The summed E-state index contributed by atoms with van der Waals surface area (Å²) in [6.45, 7) is 2.41. The van der Waals surface area contributed by atoms with Crippen molar-refractivity contribution in [2.75, 3.05) is 11.9 Å². The molecule has 0 radical (unpaired) electrons. The summed E-state index contributed by atoms with van der Waals surface area (Å²) in [5.41, 5.74) is 0.994. The van der Waals surface area contributed by atoms with E-state index in [1.165, 1.54) is 18.2 Å². The average Bonchev–Trinajstić information content (AvgIpc) is 3.21. The van der Waals surface area contributed by atoms with Gasteiger partial charge in [-0.15, -0.1) is 0 Å². The second kappa shape index (κ2) is 9.30. The molecule has 0 aliphatic heterocycles. The fourth-order valence-corrected chi connectivity index (χ4v) is 3.20. The van der Waals surface area contributed by atoms with Gasteiger partial charge < -0.3 is 14.5 Å². The minimum atomic E-state index is -3.78. The van der Waals surface area contributed by atoms with Crippen LogP contribution >= 0.6 is 0 Å². The minimum Gasteiger partial charge on any atom is -0.494 e. The Hall–Kier alpha value is -3.87. The standard InChI is InChI=1S/C22H19N3O5S/c1-2-29-18-7-5-17(6-8-18)25-22(26)16(14-23)13-19-9-12-21(30-19)15-3-10-20(11-4-15)31(24,27)28/h3-13H,2H2,1H3,(H,25,26)(H2,24,27,28)/b16-13-. The van der Waals surface area contributed by atoms with Gasteiger partial charge in [-0.25, -0.2) is 13.6 Å². The zero-order valence-electron chi connectivity index (χ0n) is 16.5. The molecule has 3 N–H and O–H groups in total. The molecule has 0 fully saturated rings. The van der Waals surface area contributed by atoms with Crippen LogP contribution in [0.3, 0.4) is 0 Å². The van der Waals surface area contributed by atoms with Crippen LogP contribution in [0.25, 0.3) is 17.4 Å². The predicted octanol–water partition coefficient (Wildman–Crippen LogP) is 3.54. The number of amides is 1. The van der Waals surface area contributed by atoms with E-state index in [0.717, 1.165) is 0 Å². The van der Waals surface area contributed by atoms with Crippen molar-refractivity contribution in [1.29, 1.82) is 5.26 Å². The molecule has 0 spiro atoms. The number of anilines is 1. The van der Waals surface area contributed by atoms with Crippen LogP contribution in [0.2, 0.25) is 0 Å². The number of primary sulfonamides is 1. The van der Waals surface area contributed by atoms with Gasteiger partial charge in [-0.1, -0.05) is 0 Å². The van der Waals surface area contributed by atoms with E-state index in [1.54, 1.807) is 48.5 Å². The van der Waals surface area contributed by atoms with E-state index < -0.39 is 15.9 Å². The fraction of sp³-hybridized carbons (Fsp3) is 0.0909. The monoisotopic (exact) mass is 437 g/mol. The quantitative estimate of drug-likeness (QED) is 0.429. The highest BCUT2D eigenvalue weighted by atomic mass is 32.2. The Morgan fingerprint density at radius 1 is 1.13 bits per heavy atom. The summed E-state index contributed by atoms with van der Waals surface area (Å²) in [5, 5.41) is 17.1. The number of benzene rings is 2. The van der Waals surface area contributed by atoms with Crippen molar-refractivity contribution in [2.45, 2.75) is 11.8 Å². The second-order valence-corrected chi connectivity index (χ2v) is 7.91. The lowest BCUT2D eigenvalue weighted by Gasteiger charge is -2.06. The molecule has 0 atom stereocenters. The summed E-state index contributed by atoms with van der Waals surface area (Å²) in [5.74, 6) is 0.833. The lowest BCUT2D eigenvalue weighted by molar-refractivity contribution is -0.112. The molecule has 2 aromatic carbocycles. The molecule has 1 heterocycles. The Bertz CT molecular complexity index is 1250. The van der Waals surface area contributed by atoms with Gasteiger partial charge in [0, 0.05) is 17.3 Å². The first-order valence-corrected chi connectivity index (χ1v) is 10.7. The highest BCUT2D eigenvalue weighted by Gasteiger charge is 2.13. The lowest BCUT2D eigenvalue weighted by Crippen LogP contribution is -2.13. The average molecular weight is 437 g/mol. The molecule has 0 unspecified atom stereocenters. The highest BCUT2D eigenvalue weighted by molar-refractivity contribution is 7.89. The summed E-state index contributed by atoms with van der Waals surface area (Å²) < 4.78 is 33.7. The lowest BCUT2D eigenvalue weighted by atomic mass is 10.2. The third kappa shape index (κ3) is 5.60. The number of hydrogen-bond donors (Lipinski definition) is 2. The van der Waals surface area contributed by atoms with E-state index in [2.05, 4.69) is 5.32 Å². The van der Waals surface area contributed by atoms with Crippen molar-refractivity contribution in [3.05, 3.63) is 72.0 Å². The van der Waals surface area contributed by atoms with Crippen molar-refractivity contribution in [3.8, 4) is 23.1 Å². The van der Waals surface area contributed by atoms with Gasteiger partial charge in [-0.3, -0.25) is 4.79 Å². The summed E-state index contributed by atoms with van der Waals surface area (Å²) >= 11 is 0. The zero-order valence-corrected chi connectivity index (χ0v) is 17.3. The normalized spacial score (nSPS) is 11.6. The Kier molecular flexibility index (Phi) is 6.55. The number of hydrogen-bond acceptors (Lipinski definition) is 6. The number of rotatable bonds is 7. The van der Waals surface area contributed by atoms with Crippen molar-refractivity contribution in [1.82, 2.24) is 0 Å². The first-order chi connectivity index (χ1) is 14.8. The molecule has 158 valence electrons. The first kappa shape index (κ1) is 21.8. The van der Waals surface area contributed by atoms with Crippen LogP contribution in [0.1, 0.15) is 12.7 Å². The van der Waals surface area contributed by atoms with Crippen LogP contribution in [0.5, 0.6) is 5.75 Å². The highest BCUT2D eigenvalue weighted by Crippen LogP contribution is 2.25. The van der Waals surface area contributed by atoms with Crippen LogP contribution in [-0.4, -0.2) is 20.9 Å². The first-order valence-electron chi connectivity index (χ1n) is 9.19. The zero-order chi connectivity index (χ0) is 22.4. The third-order valence-electron chi connectivity index (χ3n) is 4.17. The number of nitrogens with one attached hydrogen (secondary N) is 1. The maximum Gasteiger partial charge on any atom is 0.266 e. The second-order valence-electron chi connectivity index (χ2n) is 6.35. The Labute approximate surface area is 179 Å². The van der Waals surface area contributed by atoms with Gasteiger partial charge in [0.05, 0.1) is 11.5 Å². The summed E-state index contributed by atoms with van der Waals surface area (Å²) in [4.78, 5) is 12.4. The van der Waals surface area contributed by atoms with Gasteiger partial charge in [0.15, 0.2) is 0 Å². The molecule has 0 bridgehead atoms. The number of nitrogens with two attached hydrogens (primary N) is 1. The Morgan fingerprint density at radius 3 is 2.39 bits per heavy atom. The molecule has 0 saturated carbocycles. The van der Waals surface area contributed by atoms with E-state index in [0.29, 0.717) is 35.1 Å². The van der Waals surface area contributed by atoms with Crippen molar-refractivity contribution < 1.29 is 22.4 Å². The Morgan fingerprint density at radius 2 is 1.81 bits per heavy atom. The molecule has 3 aromatic rings. The minimum absolute atomic E-state index is 0.0133. The van der Waals surface area contributed by atoms with Crippen molar-refractivity contribution in [2.24, 2.45) is 5.14 Å². The van der Waals surface area contributed by atoms with E-state index in [9.17, 15) is 18.5 Å². The number of carbonyl (C=O) groups is 1. The van der Waals surface area contributed by atoms with E-state index >= 15 is 0 Å². The van der Waals surface area contributed by atoms with Gasteiger partial charge in [-0.2, -0.15) is 5.26 Å². The third-order valence-corrected chi connectivity index (χ3v) is 5.10. The molecule has 31 heavy (non-hydrogen) atoms. The number of furan rings is 1. The fourth-order valence-electron chi connectivity index (χ4n) is 2.68. The molecule has 0 aliphatic carbocycles. The molecular weight excluding hydrogens is 418 g/mol. The maximum absolute atomic E-state index is 12.4. The molecule has 1 amide bonds. The molecule has 3 rings (SSSR count). The number of ether oxygens (including phenoxy) is 1.